The van der Waals surface area contributed by atoms with Crippen LogP contribution < -0.4 is 15.2 Å². The van der Waals surface area contributed by atoms with E-state index in [9.17, 15) is 0 Å². The van der Waals surface area contributed by atoms with Crippen LogP contribution >= 0.6 is 31.9 Å². The molecule has 0 aromatic heterocycles. The van der Waals surface area contributed by atoms with E-state index >= 15 is 0 Å². The van der Waals surface area contributed by atoms with Gasteiger partial charge in [-0.2, -0.15) is 0 Å². The van der Waals surface area contributed by atoms with Gasteiger partial charge >= 0.3 is 0 Å². The number of nitrogens with two attached hydrogens (primary N) is 1. The third-order valence-corrected chi connectivity index (χ3v) is 4.16. The fraction of sp³-hybridized carbons (Fsp3) is 0.462. The van der Waals surface area contributed by atoms with Gasteiger partial charge in [-0.1, -0.05) is 13.8 Å². The number of ether oxygens (including phenoxy) is 2. The Balaban J connectivity index is 2.69. The molecular weight excluding hydrogens is 376 g/mol. The Morgan fingerprint density at radius 2 is 1.79 bits per heavy atom. The van der Waals surface area contributed by atoms with Gasteiger partial charge in [0.05, 0.1) is 28.5 Å². The van der Waals surface area contributed by atoms with Crippen molar-refractivity contribution in [3.05, 3.63) is 21.1 Å². The summed E-state index contributed by atoms with van der Waals surface area (Å²) in [7, 11) is 1.61. The average Bonchev–Trinajstić information content (AvgIpc) is 2.32. The van der Waals surface area contributed by atoms with Crippen LogP contribution in [0.15, 0.2) is 21.1 Å². The van der Waals surface area contributed by atoms with Crippen LogP contribution in [0.3, 0.4) is 0 Å². The fourth-order valence-corrected chi connectivity index (χ4v) is 2.25. The maximum absolute atomic E-state index is 7.50. The summed E-state index contributed by atoms with van der Waals surface area (Å²) in [6, 6.07) is 3.69. The topological polar surface area (TPSA) is 68.3 Å². The summed E-state index contributed by atoms with van der Waals surface area (Å²) in [4.78, 5) is 0. The molecule has 0 bridgehead atoms. The smallest absolute Gasteiger partial charge is 0.134 e. The van der Waals surface area contributed by atoms with Crippen LogP contribution in [0.4, 0.5) is 0 Å². The van der Waals surface area contributed by atoms with Crippen LogP contribution in [-0.4, -0.2) is 19.6 Å². The van der Waals surface area contributed by atoms with Crippen molar-refractivity contribution in [3.8, 4) is 11.5 Å². The van der Waals surface area contributed by atoms with E-state index in [0.29, 0.717) is 13.0 Å². The number of halogens is 2. The lowest BCUT2D eigenvalue weighted by molar-refractivity contribution is 0.267. The first-order valence-corrected chi connectivity index (χ1v) is 7.37. The maximum atomic E-state index is 7.50. The van der Waals surface area contributed by atoms with E-state index in [1.807, 2.05) is 26.0 Å². The Morgan fingerprint density at radius 1 is 1.26 bits per heavy atom. The van der Waals surface area contributed by atoms with Crippen LogP contribution in [0.2, 0.25) is 0 Å². The third kappa shape index (κ3) is 4.38. The second kappa shape index (κ2) is 6.61. The highest BCUT2D eigenvalue weighted by molar-refractivity contribution is 9.11. The molecule has 1 aromatic carbocycles. The predicted octanol–water partition coefficient (Wildman–Crippen LogP) is 3.95. The number of hydrogen-bond donors (Lipinski definition) is 2. The predicted molar refractivity (Wildman–Crippen MR) is 84.2 cm³/mol. The highest BCUT2D eigenvalue weighted by Crippen LogP contribution is 2.36. The molecule has 0 unspecified atom stereocenters. The molecule has 0 spiro atoms. The van der Waals surface area contributed by atoms with Crippen molar-refractivity contribution >= 4 is 37.7 Å². The van der Waals surface area contributed by atoms with Gasteiger partial charge in [0.2, 0.25) is 0 Å². The van der Waals surface area contributed by atoms with Gasteiger partial charge in [-0.3, -0.25) is 5.41 Å². The zero-order valence-electron chi connectivity index (χ0n) is 11.2. The number of hydrogen-bond acceptors (Lipinski definition) is 3. The van der Waals surface area contributed by atoms with Crippen LogP contribution in [-0.2, 0) is 0 Å². The van der Waals surface area contributed by atoms with Crippen molar-refractivity contribution < 1.29 is 9.47 Å². The van der Waals surface area contributed by atoms with Gasteiger partial charge < -0.3 is 15.2 Å². The van der Waals surface area contributed by atoms with Gasteiger partial charge in [0.1, 0.15) is 11.5 Å². The molecule has 4 nitrogen and oxygen atoms in total. The van der Waals surface area contributed by atoms with E-state index in [1.165, 1.54) is 0 Å². The molecule has 0 saturated heterocycles. The summed E-state index contributed by atoms with van der Waals surface area (Å²) in [5, 5.41) is 7.50. The first-order chi connectivity index (χ1) is 8.77. The van der Waals surface area contributed by atoms with Crippen molar-refractivity contribution in [2.75, 3.05) is 13.7 Å². The molecule has 19 heavy (non-hydrogen) atoms. The molecule has 3 N–H and O–H groups in total. The normalized spacial score (nSPS) is 11.2. The minimum Gasteiger partial charge on any atom is -0.496 e. The second-order valence-corrected chi connectivity index (χ2v) is 6.52. The summed E-state index contributed by atoms with van der Waals surface area (Å²) in [5.41, 5.74) is 5.19. The van der Waals surface area contributed by atoms with E-state index < -0.39 is 0 Å². The first-order valence-electron chi connectivity index (χ1n) is 5.78. The Morgan fingerprint density at radius 3 is 2.32 bits per heavy atom. The van der Waals surface area contributed by atoms with Gasteiger partial charge in [0.15, 0.2) is 0 Å². The van der Waals surface area contributed by atoms with Crippen molar-refractivity contribution in [1.29, 1.82) is 5.41 Å². The Labute approximate surface area is 130 Å². The molecule has 0 aliphatic rings. The van der Waals surface area contributed by atoms with E-state index in [4.69, 9.17) is 20.6 Å². The molecule has 106 valence electrons. The van der Waals surface area contributed by atoms with Crippen LogP contribution in [0.1, 0.15) is 20.3 Å². The first kappa shape index (κ1) is 16.3. The van der Waals surface area contributed by atoms with Crippen molar-refractivity contribution in [3.63, 3.8) is 0 Å². The molecule has 1 rings (SSSR count). The zero-order chi connectivity index (χ0) is 14.6. The lowest BCUT2D eigenvalue weighted by atomic mass is 9.88. The molecule has 0 saturated carbocycles. The lowest BCUT2D eigenvalue weighted by Gasteiger charge is -2.23. The summed E-state index contributed by atoms with van der Waals surface area (Å²) in [6.45, 7) is 4.35. The Hall–Kier alpha value is -0.750. The standard InChI is InChI=1S/C13H18Br2N2O2/c1-13(2,12(16)17)4-5-19-11-7-8(14)10(18-3)6-9(11)15/h6-7H,4-5H2,1-3H3,(H3,16,17). The third-order valence-electron chi connectivity index (χ3n) is 2.92. The van der Waals surface area contributed by atoms with E-state index in [0.717, 1.165) is 20.4 Å². The van der Waals surface area contributed by atoms with E-state index in [1.54, 1.807) is 7.11 Å². The number of nitrogens with one attached hydrogen (secondary N) is 1. The van der Waals surface area contributed by atoms with Crippen LogP contribution in [0, 0.1) is 10.8 Å². The molecule has 0 aliphatic heterocycles. The van der Waals surface area contributed by atoms with Gasteiger partial charge in [0.25, 0.3) is 0 Å². The Kier molecular flexibility index (Phi) is 5.67. The number of benzene rings is 1. The van der Waals surface area contributed by atoms with Gasteiger partial charge in [0, 0.05) is 5.41 Å². The van der Waals surface area contributed by atoms with Crippen LogP contribution in [0.25, 0.3) is 0 Å². The summed E-state index contributed by atoms with van der Waals surface area (Å²) < 4.78 is 12.6. The van der Waals surface area contributed by atoms with Crippen molar-refractivity contribution in [2.24, 2.45) is 11.1 Å². The SMILES string of the molecule is COc1cc(Br)c(OCCC(C)(C)C(=N)N)cc1Br. The summed E-state index contributed by atoms with van der Waals surface area (Å²) in [6.07, 6.45) is 0.679. The molecule has 1 aromatic rings. The minimum atomic E-state index is -0.351. The van der Waals surface area contributed by atoms with Gasteiger partial charge in [-0.25, -0.2) is 0 Å². The summed E-state index contributed by atoms with van der Waals surface area (Å²) >= 11 is 6.86. The highest BCUT2D eigenvalue weighted by Gasteiger charge is 2.21. The molecule has 0 fully saturated rings. The number of rotatable bonds is 6. The molecule has 6 heteroatoms. The number of amidine groups is 1. The zero-order valence-corrected chi connectivity index (χ0v) is 14.4. The van der Waals surface area contributed by atoms with E-state index in [2.05, 4.69) is 31.9 Å². The minimum absolute atomic E-state index is 0.172. The molecule has 0 heterocycles. The fourth-order valence-electron chi connectivity index (χ4n) is 1.33. The monoisotopic (exact) mass is 392 g/mol. The quantitative estimate of drug-likeness (QED) is 0.567. The summed E-state index contributed by atoms with van der Waals surface area (Å²) in [5.74, 6) is 1.64. The molecule has 0 aliphatic carbocycles. The molecular formula is C13H18Br2N2O2. The van der Waals surface area contributed by atoms with Crippen molar-refractivity contribution in [2.45, 2.75) is 20.3 Å². The molecule has 0 atom stereocenters. The lowest BCUT2D eigenvalue weighted by Crippen LogP contribution is -2.32. The van der Waals surface area contributed by atoms with E-state index in [-0.39, 0.29) is 11.3 Å². The Bertz CT molecular complexity index is 476. The largest absolute Gasteiger partial charge is 0.496 e. The highest BCUT2D eigenvalue weighted by atomic mass is 79.9. The maximum Gasteiger partial charge on any atom is 0.134 e. The van der Waals surface area contributed by atoms with Crippen LogP contribution in [0.5, 0.6) is 11.5 Å². The molecule has 0 radical (unpaired) electrons. The van der Waals surface area contributed by atoms with Gasteiger partial charge in [-0.15, -0.1) is 0 Å². The second-order valence-electron chi connectivity index (χ2n) is 4.81. The average molecular weight is 394 g/mol. The molecule has 0 amide bonds. The van der Waals surface area contributed by atoms with Gasteiger partial charge in [-0.05, 0) is 50.4 Å². The van der Waals surface area contributed by atoms with Crippen molar-refractivity contribution in [1.82, 2.24) is 0 Å². The number of methoxy groups -OCH3 is 1.